The quantitative estimate of drug-likeness (QED) is 0.397. The molecule has 2 nitrogen and oxygen atoms in total. The summed E-state index contributed by atoms with van der Waals surface area (Å²) in [5.74, 6) is 1.74. The molecule has 0 radical (unpaired) electrons. The molecule has 0 bridgehead atoms. The van der Waals surface area contributed by atoms with Crippen LogP contribution in [0.15, 0.2) is 12.2 Å². The van der Waals surface area contributed by atoms with Crippen molar-refractivity contribution in [2.75, 3.05) is 18.8 Å². The molecule has 2 heterocycles. The Morgan fingerprint density at radius 1 is 1.27 bits per heavy atom. The third kappa shape index (κ3) is 4.47. The smallest absolute Gasteiger partial charge is 0.222 e. The van der Waals surface area contributed by atoms with Crippen LogP contribution in [0.2, 0.25) is 0 Å². The van der Waals surface area contributed by atoms with Crippen LogP contribution < -0.4 is 0 Å². The van der Waals surface area contributed by atoms with Crippen LogP contribution in [0.4, 0.5) is 0 Å². The summed E-state index contributed by atoms with van der Waals surface area (Å²) in [6, 6.07) is 0. The number of likely N-dealkylation sites (tertiary alicyclic amines) is 1. The summed E-state index contributed by atoms with van der Waals surface area (Å²) >= 11 is 0. The summed E-state index contributed by atoms with van der Waals surface area (Å²) in [4.78, 5) is 14.7. The number of carbonyl (C=O) groups is 1. The maximum atomic E-state index is 12.5. The molecule has 0 aromatic carbocycles. The largest absolute Gasteiger partial charge is 0.342 e. The second kappa shape index (κ2) is 8.14. The normalized spacial score (nSPS) is 31.8. The van der Waals surface area contributed by atoms with E-state index in [1.807, 2.05) is 10.8 Å². The molecule has 2 fully saturated rings. The van der Waals surface area contributed by atoms with Crippen molar-refractivity contribution in [2.24, 2.45) is 5.41 Å². The number of unbranched alkanes of at least 4 members (excludes halogenated alkanes) is 1. The molecule has 0 aromatic rings. The van der Waals surface area contributed by atoms with E-state index in [0.29, 0.717) is 11.3 Å². The van der Waals surface area contributed by atoms with E-state index in [1.54, 1.807) is 0 Å². The molecule has 3 aliphatic rings. The van der Waals surface area contributed by atoms with Crippen molar-refractivity contribution >= 4 is 27.5 Å². The van der Waals surface area contributed by atoms with Crippen molar-refractivity contribution in [3.05, 3.63) is 12.2 Å². The number of carbonyl (C=O) groups excluding carboxylic acids is 1. The van der Waals surface area contributed by atoms with Gasteiger partial charge in [-0.25, -0.2) is 0 Å². The lowest BCUT2D eigenvalue weighted by molar-refractivity contribution is -0.135. The number of piperidine rings is 1. The Labute approximate surface area is 143 Å². The van der Waals surface area contributed by atoms with Crippen LogP contribution in [0.1, 0.15) is 64.2 Å². The van der Waals surface area contributed by atoms with E-state index in [2.05, 4.69) is 27.8 Å². The van der Waals surface area contributed by atoms with Crippen LogP contribution in [-0.2, 0) is 4.79 Å². The minimum absolute atomic E-state index is 0.417. The van der Waals surface area contributed by atoms with E-state index in [1.165, 1.54) is 57.1 Å². The Bertz CT molecular complexity index is 406. The molecule has 2 aliphatic heterocycles. The fraction of sp³-hybridized carbons (Fsp3) is 0.833. The van der Waals surface area contributed by atoms with E-state index < -0.39 is 0 Å². The third-order valence-electron chi connectivity index (χ3n) is 5.47. The van der Waals surface area contributed by atoms with Gasteiger partial charge in [0.25, 0.3) is 0 Å². The SMILES string of the molecule is O=C(CCCC[C@@H]1CCSS1)N1CCC[C@]2(CC=CCC2)C1. The van der Waals surface area contributed by atoms with E-state index in [9.17, 15) is 4.79 Å². The number of hydrogen-bond acceptors (Lipinski definition) is 3. The van der Waals surface area contributed by atoms with Gasteiger partial charge in [0, 0.05) is 30.5 Å². The Morgan fingerprint density at radius 2 is 2.23 bits per heavy atom. The fourth-order valence-corrected chi connectivity index (χ4v) is 7.13. The van der Waals surface area contributed by atoms with Crippen molar-refractivity contribution in [2.45, 2.75) is 69.5 Å². The lowest BCUT2D eigenvalue weighted by atomic mass is 9.71. The number of allylic oxidation sites excluding steroid dienone is 2. The zero-order chi connectivity index (χ0) is 15.3. The van der Waals surface area contributed by atoms with E-state index in [0.717, 1.165) is 31.2 Å². The highest BCUT2D eigenvalue weighted by Gasteiger charge is 2.36. The number of amides is 1. The van der Waals surface area contributed by atoms with Gasteiger partial charge in [-0.1, -0.05) is 40.2 Å². The summed E-state index contributed by atoms with van der Waals surface area (Å²) in [6.45, 7) is 2.02. The minimum atomic E-state index is 0.417. The zero-order valence-electron chi connectivity index (χ0n) is 13.6. The van der Waals surface area contributed by atoms with Gasteiger partial charge in [-0.3, -0.25) is 4.79 Å². The van der Waals surface area contributed by atoms with Gasteiger partial charge >= 0.3 is 0 Å². The van der Waals surface area contributed by atoms with Gasteiger partial charge in [0.15, 0.2) is 0 Å². The molecule has 0 unspecified atom stereocenters. The second-order valence-electron chi connectivity index (χ2n) is 7.21. The van der Waals surface area contributed by atoms with Crippen molar-refractivity contribution < 1.29 is 4.79 Å². The molecule has 0 N–H and O–H groups in total. The van der Waals surface area contributed by atoms with Gasteiger partial charge < -0.3 is 4.90 Å². The van der Waals surface area contributed by atoms with Gasteiger partial charge in [0.1, 0.15) is 0 Å². The lowest BCUT2D eigenvalue weighted by Crippen LogP contribution is -2.46. The predicted octanol–water partition coefficient (Wildman–Crippen LogP) is 5.05. The van der Waals surface area contributed by atoms with Crippen LogP contribution in [0.25, 0.3) is 0 Å². The standard InChI is InChI=1S/C18H29NOS2/c20-17(8-3-2-7-16-9-14-21-22-16)19-13-6-12-18(15-19)10-4-1-5-11-18/h1,4,16H,2-3,5-15H2/t16-,18-/m1/s1. The summed E-state index contributed by atoms with van der Waals surface area (Å²) in [5, 5.41) is 0.854. The first-order valence-corrected chi connectivity index (χ1v) is 11.4. The van der Waals surface area contributed by atoms with E-state index >= 15 is 0 Å². The minimum Gasteiger partial charge on any atom is -0.342 e. The summed E-state index contributed by atoms with van der Waals surface area (Å²) in [5.41, 5.74) is 0.417. The summed E-state index contributed by atoms with van der Waals surface area (Å²) in [7, 11) is 4.08. The summed E-state index contributed by atoms with van der Waals surface area (Å²) < 4.78 is 0. The first kappa shape index (κ1) is 16.8. The molecule has 0 aromatic heterocycles. The average molecular weight is 340 g/mol. The van der Waals surface area contributed by atoms with Gasteiger partial charge in [0.2, 0.25) is 5.91 Å². The van der Waals surface area contributed by atoms with Crippen molar-refractivity contribution in [3.8, 4) is 0 Å². The maximum Gasteiger partial charge on any atom is 0.222 e. The maximum absolute atomic E-state index is 12.5. The first-order chi connectivity index (χ1) is 10.8. The zero-order valence-corrected chi connectivity index (χ0v) is 15.2. The second-order valence-corrected chi connectivity index (χ2v) is 10.00. The van der Waals surface area contributed by atoms with Crippen LogP contribution in [0, 0.1) is 5.41 Å². The lowest BCUT2D eigenvalue weighted by Gasteiger charge is -2.44. The molecule has 1 spiro atoms. The number of rotatable bonds is 5. The van der Waals surface area contributed by atoms with Crippen LogP contribution in [0.5, 0.6) is 0 Å². The molecule has 22 heavy (non-hydrogen) atoms. The molecule has 1 aliphatic carbocycles. The van der Waals surface area contributed by atoms with E-state index in [-0.39, 0.29) is 0 Å². The molecule has 2 saturated heterocycles. The van der Waals surface area contributed by atoms with Crippen LogP contribution >= 0.6 is 21.6 Å². The Hall–Kier alpha value is -0.0900. The first-order valence-electron chi connectivity index (χ1n) is 8.99. The molecule has 3 rings (SSSR count). The van der Waals surface area contributed by atoms with Crippen molar-refractivity contribution in [1.82, 2.24) is 4.90 Å². The predicted molar refractivity (Wildman–Crippen MR) is 98.2 cm³/mol. The molecule has 124 valence electrons. The Morgan fingerprint density at radius 3 is 3.00 bits per heavy atom. The van der Waals surface area contributed by atoms with Gasteiger partial charge in [0.05, 0.1) is 0 Å². The summed E-state index contributed by atoms with van der Waals surface area (Å²) in [6.07, 6.45) is 16.6. The van der Waals surface area contributed by atoms with Crippen LogP contribution in [0.3, 0.4) is 0 Å². The molecule has 2 atom stereocenters. The third-order valence-corrected chi connectivity index (χ3v) is 8.47. The van der Waals surface area contributed by atoms with Crippen molar-refractivity contribution in [1.29, 1.82) is 0 Å². The molecule has 4 heteroatoms. The highest BCUT2D eigenvalue weighted by Crippen LogP contribution is 2.41. The highest BCUT2D eigenvalue weighted by molar-refractivity contribution is 8.77. The van der Waals surface area contributed by atoms with Crippen molar-refractivity contribution in [3.63, 3.8) is 0 Å². The van der Waals surface area contributed by atoms with Gasteiger partial charge in [-0.05, 0) is 56.8 Å². The monoisotopic (exact) mass is 339 g/mol. The Balaban J connectivity index is 1.38. The topological polar surface area (TPSA) is 20.3 Å². The number of nitrogens with zero attached hydrogens (tertiary/aromatic N) is 1. The fourth-order valence-electron chi connectivity index (χ4n) is 4.11. The molecule has 0 saturated carbocycles. The van der Waals surface area contributed by atoms with E-state index in [4.69, 9.17) is 0 Å². The van der Waals surface area contributed by atoms with Crippen LogP contribution in [-0.4, -0.2) is 34.9 Å². The van der Waals surface area contributed by atoms with Gasteiger partial charge in [-0.2, -0.15) is 0 Å². The van der Waals surface area contributed by atoms with Gasteiger partial charge in [-0.15, -0.1) is 0 Å². The number of hydrogen-bond donors (Lipinski definition) is 0. The molecule has 1 amide bonds. The Kier molecular flexibility index (Phi) is 6.20. The average Bonchev–Trinajstić information content (AvgIpc) is 3.05. The molecular formula is C18H29NOS2. The highest BCUT2D eigenvalue weighted by atomic mass is 33.1. The molecular weight excluding hydrogens is 310 g/mol.